The van der Waals surface area contributed by atoms with Crippen LogP contribution in [0.15, 0.2) is 52.6 Å². The average molecular weight is 300 g/mol. The molecule has 8 heteroatoms. The van der Waals surface area contributed by atoms with Crippen LogP contribution in [0, 0.1) is 0 Å². The van der Waals surface area contributed by atoms with E-state index in [2.05, 4.69) is 30.7 Å². The van der Waals surface area contributed by atoms with Crippen molar-refractivity contribution >= 4 is 23.5 Å². The van der Waals surface area contributed by atoms with Crippen LogP contribution in [-0.2, 0) is 0 Å². The number of nitrogens with zero attached hydrogens (tertiary/aromatic N) is 4. The number of hydrogen-bond acceptors (Lipinski definition) is 7. The fraction of sp³-hybridized carbons (Fsp3) is 0.0769. The van der Waals surface area contributed by atoms with Gasteiger partial charge in [-0.15, -0.1) is 5.10 Å². The minimum atomic E-state index is 0.409. The number of methoxy groups -OCH3 is 1. The summed E-state index contributed by atoms with van der Waals surface area (Å²) in [6.45, 7) is 0. The van der Waals surface area contributed by atoms with E-state index in [0.29, 0.717) is 11.8 Å². The van der Waals surface area contributed by atoms with Gasteiger partial charge in [-0.25, -0.2) is 4.98 Å². The van der Waals surface area contributed by atoms with E-state index >= 15 is 0 Å². The molecule has 0 aliphatic rings. The summed E-state index contributed by atoms with van der Waals surface area (Å²) < 4.78 is 5.20. The van der Waals surface area contributed by atoms with Gasteiger partial charge in [-0.3, -0.25) is 5.10 Å². The van der Waals surface area contributed by atoms with E-state index in [9.17, 15) is 0 Å². The Bertz CT molecular complexity index is 718. The first kappa shape index (κ1) is 13.4. The lowest BCUT2D eigenvalue weighted by Crippen LogP contribution is -1.99. The monoisotopic (exact) mass is 300 g/mol. The predicted molar refractivity (Wildman–Crippen MR) is 78.8 cm³/mol. The summed E-state index contributed by atoms with van der Waals surface area (Å²) in [6.07, 6.45) is 3.26. The molecule has 21 heavy (non-hydrogen) atoms. The third-order valence-electron chi connectivity index (χ3n) is 2.55. The Hall–Kier alpha value is -2.61. The van der Waals surface area contributed by atoms with Crippen LogP contribution in [0.4, 0.5) is 11.8 Å². The highest BCUT2D eigenvalue weighted by atomic mass is 32.2. The summed E-state index contributed by atoms with van der Waals surface area (Å²) in [5.41, 5.74) is 0. The summed E-state index contributed by atoms with van der Waals surface area (Å²) in [5, 5.41) is 18.2. The van der Waals surface area contributed by atoms with Crippen LogP contribution in [0.5, 0.6) is 5.75 Å². The molecule has 106 valence electrons. The second kappa shape index (κ2) is 6.23. The van der Waals surface area contributed by atoms with Gasteiger partial charge < -0.3 is 10.1 Å². The molecule has 0 aliphatic carbocycles. The molecule has 1 aromatic carbocycles. The normalized spacial score (nSPS) is 10.3. The first-order chi connectivity index (χ1) is 10.3. The van der Waals surface area contributed by atoms with Gasteiger partial charge in [-0.2, -0.15) is 10.2 Å². The summed E-state index contributed by atoms with van der Waals surface area (Å²) >= 11 is 1.48. The topological polar surface area (TPSA) is 88.6 Å². The Morgan fingerprint density at radius 1 is 1.29 bits per heavy atom. The number of aromatic amines is 1. The van der Waals surface area contributed by atoms with Crippen molar-refractivity contribution in [3.8, 4) is 5.75 Å². The van der Waals surface area contributed by atoms with Crippen LogP contribution in [0.25, 0.3) is 0 Å². The first-order valence-corrected chi connectivity index (χ1v) is 6.93. The summed E-state index contributed by atoms with van der Waals surface area (Å²) in [5.74, 6) is 1.92. The Kier molecular flexibility index (Phi) is 3.97. The van der Waals surface area contributed by atoms with E-state index in [1.54, 1.807) is 25.6 Å². The molecule has 0 fully saturated rings. The van der Waals surface area contributed by atoms with E-state index in [0.717, 1.165) is 15.7 Å². The maximum atomic E-state index is 5.20. The van der Waals surface area contributed by atoms with E-state index in [-0.39, 0.29) is 0 Å². The molecule has 0 spiro atoms. The van der Waals surface area contributed by atoms with Crippen molar-refractivity contribution in [1.82, 2.24) is 25.4 Å². The molecule has 0 saturated heterocycles. The highest BCUT2D eigenvalue weighted by molar-refractivity contribution is 7.99. The Morgan fingerprint density at radius 3 is 3.05 bits per heavy atom. The molecule has 2 aromatic heterocycles. The highest BCUT2D eigenvalue weighted by Gasteiger charge is 2.05. The number of anilines is 2. The number of nitrogens with one attached hydrogen (secondary N) is 2. The highest BCUT2D eigenvalue weighted by Crippen LogP contribution is 2.28. The Labute approximate surface area is 125 Å². The standard InChI is InChI=1S/C13H12N6OS/c1-20-9-3-2-4-10(7-9)21-12-8-15-19-13(17-12)16-11-5-6-14-18-11/h2-8H,1H3,(H2,14,16,17,18,19). The fourth-order valence-corrected chi connectivity index (χ4v) is 2.42. The lowest BCUT2D eigenvalue weighted by atomic mass is 10.3. The van der Waals surface area contributed by atoms with E-state index in [1.165, 1.54) is 11.8 Å². The number of H-pyrrole nitrogens is 1. The second-order valence-electron chi connectivity index (χ2n) is 3.99. The summed E-state index contributed by atoms with van der Waals surface area (Å²) in [4.78, 5) is 5.40. The van der Waals surface area contributed by atoms with Gasteiger partial charge in [0, 0.05) is 11.0 Å². The number of hydrogen-bond donors (Lipinski definition) is 2. The van der Waals surface area contributed by atoms with Crippen LogP contribution in [0.1, 0.15) is 0 Å². The molecule has 7 nitrogen and oxygen atoms in total. The zero-order valence-corrected chi connectivity index (χ0v) is 12.0. The SMILES string of the molecule is COc1cccc(Sc2cnnc(Nc3ccn[nH]3)n2)c1. The largest absolute Gasteiger partial charge is 0.497 e. The van der Waals surface area contributed by atoms with Gasteiger partial charge >= 0.3 is 0 Å². The van der Waals surface area contributed by atoms with E-state index in [4.69, 9.17) is 4.74 Å². The van der Waals surface area contributed by atoms with E-state index in [1.807, 2.05) is 24.3 Å². The number of aromatic nitrogens is 5. The maximum Gasteiger partial charge on any atom is 0.249 e. The quantitative estimate of drug-likeness (QED) is 0.748. The lowest BCUT2D eigenvalue weighted by molar-refractivity contribution is 0.413. The molecule has 0 amide bonds. The zero-order valence-electron chi connectivity index (χ0n) is 11.1. The molecule has 0 atom stereocenters. The van der Waals surface area contributed by atoms with E-state index < -0.39 is 0 Å². The number of ether oxygens (including phenoxy) is 1. The van der Waals surface area contributed by atoms with Gasteiger partial charge in [0.15, 0.2) is 0 Å². The minimum Gasteiger partial charge on any atom is -0.497 e. The molecular weight excluding hydrogens is 288 g/mol. The van der Waals surface area contributed by atoms with Crippen molar-refractivity contribution in [2.45, 2.75) is 9.92 Å². The van der Waals surface area contributed by atoms with Crippen molar-refractivity contribution in [2.24, 2.45) is 0 Å². The van der Waals surface area contributed by atoms with Crippen molar-refractivity contribution in [1.29, 1.82) is 0 Å². The average Bonchev–Trinajstić information content (AvgIpc) is 3.01. The third-order valence-corrected chi connectivity index (χ3v) is 3.44. The van der Waals surface area contributed by atoms with Gasteiger partial charge in [0.1, 0.15) is 16.6 Å². The summed E-state index contributed by atoms with van der Waals surface area (Å²) in [7, 11) is 1.64. The van der Waals surface area contributed by atoms with Crippen molar-refractivity contribution < 1.29 is 4.74 Å². The Morgan fingerprint density at radius 2 is 2.24 bits per heavy atom. The van der Waals surface area contributed by atoms with Gasteiger partial charge in [0.05, 0.1) is 19.5 Å². The second-order valence-corrected chi connectivity index (χ2v) is 5.09. The predicted octanol–water partition coefficient (Wildman–Crippen LogP) is 2.50. The van der Waals surface area contributed by atoms with Gasteiger partial charge in [-0.05, 0) is 18.2 Å². The van der Waals surface area contributed by atoms with Crippen LogP contribution in [0.3, 0.4) is 0 Å². The fourth-order valence-electron chi connectivity index (χ4n) is 1.62. The third kappa shape index (κ3) is 3.48. The zero-order chi connectivity index (χ0) is 14.5. The molecule has 0 aliphatic heterocycles. The number of benzene rings is 1. The van der Waals surface area contributed by atoms with Crippen molar-refractivity contribution in [3.05, 3.63) is 42.7 Å². The smallest absolute Gasteiger partial charge is 0.249 e. The van der Waals surface area contributed by atoms with Crippen LogP contribution >= 0.6 is 11.8 Å². The summed E-state index contributed by atoms with van der Waals surface area (Å²) in [6, 6.07) is 9.53. The minimum absolute atomic E-state index is 0.409. The van der Waals surface area contributed by atoms with Gasteiger partial charge in [-0.1, -0.05) is 17.8 Å². The van der Waals surface area contributed by atoms with Crippen LogP contribution < -0.4 is 10.1 Å². The molecule has 2 heterocycles. The van der Waals surface area contributed by atoms with Gasteiger partial charge in [0.2, 0.25) is 5.95 Å². The van der Waals surface area contributed by atoms with Crippen molar-refractivity contribution in [2.75, 3.05) is 12.4 Å². The number of rotatable bonds is 5. The molecule has 2 N–H and O–H groups in total. The lowest BCUT2D eigenvalue weighted by Gasteiger charge is -2.05. The van der Waals surface area contributed by atoms with Crippen LogP contribution in [-0.4, -0.2) is 32.5 Å². The molecule has 0 bridgehead atoms. The maximum absolute atomic E-state index is 5.20. The molecule has 3 rings (SSSR count). The molecule has 3 aromatic rings. The molecule has 0 unspecified atom stereocenters. The van der Waals surface area contributed by atoms with Crippen LogP contribution in [0.2, 0.25) is 0 Å². The Balaban J connectivity index is 1.76. The molecule has 0 radical (unpaired) electrons. The van der Waals surface area contributed by atoms with Crippen molar-refractivity contribution in [3.63, 3.8) is 0 Å². The molecule has 0 saturated carbocycles. The molecular formula is C13H12N6OS. The van der Waals surface area contributed by atoms with Gasteiger partial charge in [0.25, 0.3) is 0 Å². The first-order valence-electron chi connectivity index (χ1n) is 6.11.